The molecule has 2 rings (SSSR count). The zero-order valence-electron chi connectivity index (χ0n) is 9.91. The lowest BCUT2D eigenvalue weighted by molar-refractivity contribution is -0.136. The maximum absolute atomic E-state index is 12.1. The topological polar surface area (TPSA) is 96.4 Å². The maximum Gasteiger partial charge on any atom is 0.308 e. The summed E-state index contributed by atoms with van der Waals surface area (Å²) < 4.78 is 26.5. The third-order valence-corrected chi connectivity index (χ3v) is 5.36. The Kier molecular flexibility index (Phi) is 4.26. The molecular weight excluding hydrogens is 324 g/mol. The molecule has 0 bridgehead atoms. The smallest absolute Gasteiger partial charge is 0.308 e. The van der Waals surface area contributed by atoms with Crippen LogP contribution < -0.4 is 4.72 Å². The molecule has 0 aliphatic heterocycles. The Labute approximate surface area is 124 Å². The van der Waals surface area contributed by atoms with Gasteiger partial charge < -0.3 is 5.11 Å². The summed E-state index contributed by atoms with van der Waals surface area (Å²) in [6.07, 6.45) is 1.17. The fourth-order valence-electron chi connectivity index (χ4n) is 1.40. The van der Waals surface area contributed by atoms with Crippen molar-refractivity contribution in [3.63, 3.8) is 0 Å². The molecule has 0 aromatic carbocycles. The molecule has 6 nitrogen and oxygen atoms in total. The fourth-order valence-corrected chi connectivity index (χ4v) is 3.90. The maximum atomic E-state index is 12.1. The van der Waals surface area contributed by atoms with E-state index in [4.69, 9.17) is 16.7 Å². The minimum Gasteiger partial charge on any atom is -0.481 e. The van der Waals surface area contributed by atoms with E-state index in [-0.39, 0.29) is 16.4 Å². The van der Waals surface area contributed by atoms with Crippen molar-refractivity contribution in [3.05, 3.63) is 40.4 Å². The second kappa shape index (κ2) is 5.78. The number of sulfonamides is 1. The quantitative estimate of drug-likeness (QED) is 0.875. The Morgan fingerprint density at radius 2 is 2.15 bits per heavy atom. The molecular formula is C11H9ClN2O4S2. The van der Waals surface area contributed by atoms with Crippen LogP contribution in [0.25, 0.3) is 0 Å². The van der Waals surface area contributed by atoms with Gasteiger partial charge in [-0.3, -0.25) is 9.52 Å². The number of halogens is 1. The van der Waals surface area contributed by atoms with Gasteiger partial charge in [0.1, 0.15) is 10.0 Å². The fraction of sp³-hybridized carbons (Fsp3) is 0.0909. The minimum atomic E-state index is -3.79. The van der Waals surface area contributed by atoms with Crippen molar-refractivity contribution in [1.82, 2.24) is 4.98 Å². The number of nitrogens with one attached hydrogen (secondary N) is 1. The van der Waals surface area contributed by atoms with Gasteiger partial charge in [-0.05, 0) is 18.2 Å². The van der Waals surface area contributed by atoms with E-state index in [2.05, 4.69) is 9.71 Å². The second-order valence-corrected chi connectivity index (χ2v) is 7.27. The Balaban J connectivity index is 2.22. The Bertz CT molecular complexity index is 742. The number of thiophene rings is 1. The number of aliphatic carboxylic acids is 1. The molecule has 20 heavy (non-hydrogen) atoms. The number of carboxylic acids is 1. The summed E-state index contributed by atoms with van der Waals surface area (Å²) in [5.74, 6) is -0.911. The molecule has 2 N–H and O–H groups in total. The van der Waals surface area contributed by atoms with E-state index in [0.717, 1.165) is 11.3 Å². The first-order chi connectivity index (χ1) is 9.37. The standard InChI is InChI=1S/C11H9ClN2O4S2/c12-7-3-4-13-9(5-7)14-20(17,18)11-2-1-8(19-11)6-10(15)16/h1-5H,6H2,(H,13,14)(H,15,16). The molecule has 0 amide bonds. The summed E-state index contributed by atoms with van der Waals surface area (Å²) in [5.41, 5.74) is 0. The summed E-state index contributed by atoms with van der Waals surface area (Å²) >= 11 is 6.64. The van der Waals surface area contributed by atoms with Gasteiger partial charge in [0.2, 0.25) is 0 Å². The van der Waals surface area contributed by atoms with Gasteiger partial charge in [0, 0.05) is 22.2 Å². The van der Waals surface area contributed by atoms with Crippen molar-refractivity contribution in [2.24, 2.45) is 0 Å². The van der Waals surface area contributed by atoms with Crippen molar-refractivity contribution in [3.8, 4) is 0 Å². The Hall–Kier alpha value is -1.64. The summed E-state index contributed by atoms with van der Waals surface area (Å²) in [6.45, 7) is 0. The number of nitrogens with zero attached hydrogens (tertiary/aromatic N) is 1. The highest BCUT2D eigenvalue weighted by atomic mass is 35.5. The van der Waals surface area contributed by atoms with Crippen molar-refractivity contribution < 1.29 is 18.3 Å². The highest BCUT2D eigenvalue weighted by Gasteiger charge is 2.18. The molecule has 9 heteroatoms. The largest absolute Gasteiger partial charge is 0.481 e. The number of aromatic nitrogens is 1. The van der Waals surface area contributed by atoms with Crippen LogP contribution in [0.3, 0.4) is 0 Å². The number of hydrogen-bond acceptors (Lipinski definition) is 5. The number of hydrogen-bond donors (Lipinski definition) is 2. The van der Waals surface area contributed by atoms with Crippen molar-refractivity contribution in [2.75, 3.05) is 4.72 Å². The Morgan fingerprint density at radius 3 is 2.80 bits per heavy atom. The van der Waals surface area contributed by atoms with Gasteiger partial charge in [-0.1, -0.05) is 11.6 Å². The van der Waals surface area contributed by atoms with Gasteiger partial charge in [-0.15, -0.1) is 11.3 Å². The van der Waals surface area contributed by atoms with Gasteiger partial charge in [-0.2, -0.15) is 0 Å². The van der Waals surface area contributed by atoms with Crippen LogP contribution in [0.4, 0.5) is 5.82 Å². The molecule has 0 radical (unpaired) electrons. The lowest BCUT2D eigenvalue weighted by Gasteiger charge is -2.05. The van der Waals surface area contributed by atoms with Crippen molar-refractivity contribution in [1.29, 1.82) is 0 Å². The molecule has 0 unspecified atom stereocenters. The van der Waals surface area contributed by atoms with Crippen LogP contribution in [-0.2, 0) is 21.2 Å². The normalized spacial score (nSPS) is 11.2. The molecule has 2 heterocycles. The lowest BCUT2D eigenvalue weighted by Crippen LogP contribution is -2.12. The minimum absolute atomic E-state index is 0.0236. The van der Waals surface area contributed by atoms with Crippen molar-refractivity contribution >= 4 is 44.7 Å². The van der Waals surface area contributed by atoms with Gasteiger partial charge in [0.15, 0.2) is 0 Å². The van der Waals surface area contributed by atoms with Crippen LogP contribution in [0.2, 0.25) is 5.02 Å². The first-order valence-electron chi connectivity index (χ1n) is 5.32. The van der Waals surface area contributed by atoms with Gasteiger partial charge in [-0.25, -0.2) is 13.4 Å². The zero-order valence-corrected chi connectivity index (χ0v) is 12.3. The number of rotatable bonds is 5. The van der Waals surface area contributed by atoms with Crippen LogP contribution in [0.15, 0.2) is 34.7 Å². The first-order valence-corrected chi connectivity index (χ1v) is 7.99. The molecule has 0 aliphatic carbocycles. The highest BCUT2D eigenvalue weighted by Crippen LogP contribution is 2.24. The molecule has 2 aromatic heterocycles. The molecule has 0 fully saturated rings. The van der Waals surface area contributed by atoms with E-state index in [1.165, 1.54) is 30.5 Å². The summed E-state index contributed by atoms with van der Waals surface area (Å²) in [7, 11) is -3.79. The number of carbonyl (C=O) groups is 1. The van der Waals surface area contributed by atoms with E-state index >= 15 is 0 Å². The van der Waals surface area contributed by atoms with E-state index in [1.807, 2.05) is 0 Å². The van der Waals surface area contributed by atoms with E-state index in [1.54, 1.807) is 0 Å². The van der Waals surface area contributed by atoms with Crippen LogP contribution >= 0.6 is 22.9 Å². The molecule has 0 saturated carbocycles. The van der Waals surface area contributed by atoms with Gasteiger partial charge >= 0.3 is 5.97 Å². The first kappa shape index (κ1) is 14.8. The van der Waals surface area contributed by atoms with Crippen LogP contribution in [-0.4, -0.2) is 24.5 Å². The SMILES string of the molecule is O=C(O)Cc1ccc(S(=O)(=O)Nc2cc(Cl)ccn2)s1. The summed E-state index contributed by atoms with van der Waals surface area (Å²) in [4.78, 5) is 14.9. The summed E-state index contributed by atoms with van der Waals surface area (Å²) in [5, 5.41) is 9.02. The van der Waals surface area contributed by atoms with E-state index in [0.29, 0.717) is 9.90 Å². The molecule has 106 valence electrons. The molecule has 0 atom stereocenters. The third kappa shape index (κ3) is 3.69. The Morgan fingerprint density at radius 1 is 1.40 bits per heavy atom. The molecule has 0 spiro atoms. The van der Waals surface area contributed by atoms with E-state index in [9.17, 15) is 13.2 Å². The van der Waals surface area contributed by atoms with Crippen LogP contribution in [0, 0.1) is 0 Å². The average molecular weight is 333 g/mol. The predicted molar refractivity (Wildman–Crippen MR) is 75.7 cm³/mol. The monoisotopic (exact) mass is 332 g/mol. The lowest BCUT2D eigenvalue weighted by atomic mass is 10.3. The highest BCUT2D eigenvalue weighted by molar-refractivity contribution is 7.94. The number of carboxylic acid groups (broad SMARTS) is 1. The third-order valence-electron chi connectivity index (χ3n) is 2.19. The molecule has 0 saturated heterocycles. The van der Waals surface area contributed by atoms with Gasteiger partial charge in [0.25, 0.3) is 10.0 Å². The molecule has 2 aromatic rings. The van der Waals surface area contributed by atoms with E-state index < -0.39 is 16.0 Å². The van der Waals surface area contributed by atoms with Crippen LogP contribution in [0.5, 0.6) is 0 Å². The molecule has 0 aliphatic rings. The average Bonchev–Trinajstić information content (AvgIpc) is 2.76. The summed E-state index contributed by atoms with van der Waals surface area (Å²) in [6, 6.07) is 5.73. The number of anilines is 1. The second-order valence-electron chi connectivity index (χ2n) is 3.76. The van der Waals surface area contributed by atoms with Gasteiger partial charge in [0.05, 0.1) is 6.42 Å². The predicted octanol–water partition coefficient (Wildman–Crippen LogP) is 2.22. The zero-order chi connectivity index (χ0) is 14.8. The van der Waals surface area contributed by atoms with Crippen LogP contribution in [0.1, 0.15) is 4.88 Å². The van der Waals surface area contributed by atoms with Crippen molar-refractivity contribution in [2.45, 2.75) is 10.6 Å². The number of pyridine rings is 1.